The molecule has 2 N–H and O–H groups in total. The van der Waals surface area contributed by atoms with Gasteiger partial charge in [0.2, 0.25) is 11.7 Å². The van der Waals surface area contributed by atoms with E-state index in [1.54, 1.807) is 6.20 Å². The van der Waals surface area contributed by atoms with Crippen molar-refractivity contribution in [1.82, 2.24) is 15.1 Å². The van der Waals surface area contributed by atoms with Gasteiger partial charge in [-0.1, -0.05) is 35.8 Å². The molecule has 1 saturated carbocycles. The molecule has 2 heterocycles. The summed E-state index contributed by atoms with van der Waals surface area (Å²) >= 11 is 1.38. The van der Waals surface area contributed by atoms with E-state index < -0.39 is 0 Å². The van der Waals surface area contributed by atoms with Gasteiger partial charge in [-0.05, 0) is 12.8 Å². The van der Waals surface area contributed by atoms with Crippen LogP contribution in [0.5, 0.6) is 0 Å². The van der Waals surface area contributed by atoms with E-state index in [1.165, 1.54) is 30.6 Å². The molecule has 2 aromatic heterocycles. The fourth-order valence-corrected chi connectivity index (χ4v) is 2.85. The van der Waals surface area contributed by atoms with E-state index in [9.17, 15) is 0 Å². The number of aromatic nitrogens is 3. The van der Waals surface area contributed by atoms with Crippen molar-refractivity contribution in [2.75, 3.05) is 5.73 Å². The Balaban J connectivity index is 1.82. The Hall–Kier alpha value is -1.43. The van der Waals surface area contributed by atoms with Crippen LogP contribution in [0.2, 0.25) is 0 Å². The Kier molecular flexibility index (Phi) is 2.80. The van der Waals surface area contributed by atoms with Gasteiger partial charge in [0.1, 0.15) is 0 Å². The smallest absolute Gasteiger partial charge is 0.230 e. The maximum Gasteiger partial charge on any atom is 0.230 e. The number of hydrogen-bond donors (Lipinski definition) is 1. The molecule has 0 atom stereocenters. The lowest BCUT2D eigenvalue weighted by atomic mass is 9.89. The fourth-order valence-electron chi connectivity index (χ4n) is 2.24. The summed E-state index contributed by atoms with van der Waals surface area (Å²) in [6.07, 6.45) is 7.85. The Bertz CT molecular complexity index is 501. The summed E-state index contributed by atoms with van der Waals surface area (Å²) in [5, 5.41) is 4.54. The Labute approximate surface area is 103 Å². The van der Waals surface area contributed by atoms with Gasteiger partial charge in [-0.15, -0.1) is 0 Å². The molecule has 17 heavy (non-hydrogen) atoms. The topological polar surface area (TPSA) is 77.8 Å². The number of nitrogens with two attached hydrogens (primary N) is 1. The molecule has 0 saturated heterocycles. The third kappa shape index (κ3) is 2.17. The minimum Gasteiger partial charge on any atom is -0.375 e. The molecule has 2 aromatic rings. The lowest BCUT2D eigenvalue weighted by Crippen LogP contribution is -2.04. The summed E-state index contributed by atoms with van der Waals surface area (Å²) in [6, 6.07) is 0. The second-order valence-corrected chi connectivity index (χ2v) is 5.42. The van der Waals surface area contributed by atoms with E-state index >= 15 is 0 Å². The monoisotopic (exact) mass is 250 g/mol. The van der Waals surface area contributed by atoms with E-state index in [4.69, 9.17) is 10.3 Å². The molecule has 90 valence electrons. The highest BCUT2D eigenvalue weighted by Gasteiger charge is 2.22. The normalized spacial score (nSPS) is 17.4. The Morgan fingerprint density at radius 3 is 2.82 bits per heavy atom. The number of anilines is 1. The van der Waals surface area contributed by atoms with Gasteiger partial charge in [-0.2, -0.15) is 4.98 Å². The summed E-state index contributed by atoms with van der Waals surface area (Å²) in [4.78, 5) is 9.31. The Morgan fingerprint density at radius 2 is 2.12 bits per heavy atom. The van der Waals surface area contributed by atoms with Crippen LogP contribution in [0.1, 0.15) is 43.9 Å². The molecule has 5 nitrogen and oxygen atoms in total. The van der Waals surface area contributed by atoms with Crippen molar-refractivity contribution in [3.63, 3.8) is 0 Å². The van der Waals surface area contributed by atoms with Gasteiger partial charge in [0, 0.05) is 5.92 Å². The molecule has 0 aromatic carbocycles. The second kappa shape index (κ2) is 4.44. The van der Waals surface area contributed by atoms with Gasteiger partial charge >= 0.3 is 0 Å². The van der Waals surface area contributed by atoms with Crippen molar-refractivity contribution in [3.8, 4) is 10.7 Å². The summed E-state index contributed by atoms with van der Waals surface area (Å²) in [5.41, 5.74) is 5.59. The molecule has 0 amide bonds. The number of thiazole rings is 1. The van der Waals surface area contributed by atoms with Gasteiger partial charge < -0.3 is 10.3 Å². The summed E-state index contributed by atoms with van der Waals surface area (Å²) in [7, 11) is 0. The molecular weight excluding hydrogens is 236 g/mol. The molecule has 0 radical (unpaired) electrons. The average molecular weight is 250 g/mol. The van der Waals surface area contributed by atoms with Crippen LogP contribution in [-0.2, 0) is 0 Å². The molecule has 6 heteroatoms. The zero-order chi connectivity index (χ0) is 11.7. The van der Waals surface area contributed by atoms with Gasteiger partial charge in [0.25, 0.3) is 0 Å². The van der Waals surface area contributed by atoms with Crippen LogP contribution in [0, 0.1) is 0 Å². The molecule has 0 spiro atoms. The van der Waals surface area contributed by atoms with E-state index in [0.29, 0.717) is 16.9 Å². The highest BCUT2D eigenvalue weighted by molar-refractivity contribution is 7.18. The van der Waals surface area contributed by atoms with Gasteiger partial charge in [-0.25, -0.2) is 4.98 Å². The van der Waals surface area contributed by atoms with Crippen molar-refractivity contribution >= 4 is 16.5 Å². The molecule has 3 rings (SSSR count). The molecule has 0 bridgehead atoms. The fraction of sp³-hybridized carbons (Fsp3) is 0.545. The minimum atomic E-state index is 0.440. The molecule has 0 unspecified atom stereocenters. The van der Waals surface area contributed by atoms with Crippen molar-refractivity contribution in [2.24, 2.45) is 0 Å². The van der Waals surface area contributed by atoms with Crippen molar-refractivity contribution in [2.45, 2.75) is 38.0 Å². The van der Waals surface area contributed by atoms with Gasteiger partial charge in [0.15, 0.2) is 5.13 Å². The predicted octanol–water partition coefficient (Wildman–Crippen LogP) is 2.82. The van der Waals surface area contributed by atoms with Crippen LogP contribution in [0.15, 0.2) is 10.7 Å². The number of nitrogens with zero attached hydrogens (tertiary/aromatic N) is 3. The number of rotatable bonds is 2. The zero-order valence-electron chi connectivity index (χ0n) is 9.43. The summed E-state index contributed by atoms with van der Waals surface area (Å²) in [5.74, 6) is 1.82. The second-order valence-electron chi connectivity index (χ2n) is 4.35. The van der Waals surface area contributed by atoms with Gasteiger partial charge in [-0.3, -0.25) is 0 Å². The molecule has 0 aliphatic heterocycles. The first-order chi connectivity index (χ1) is 8.33. The van der Waals surface area contributed by atoms with Crippen LogP contribution < -0.4 is 5.73 Å². The average Bonchev–Trinajstić information content (AvgIpc) is 2.98. The van der Waals surface area contributed by atoms with E-state index in [2.05, 4.69) is 15.1 Å². The van der Waals surface area contributed by atoms with Crippen molar-refractivity contribution in [3.05, 3.63) is 12.1 Å². The third-order valence-electron chi connectivity index (χ3n) is 3.14. The molecule has 1 aliphatic rings. The minimum absolute atomic E-state index is 0.440. The summed E-state index contributed by atoms with van der Waals surface area (Å²) < 4.78 is 5.34. The molecule has 1 aliphatic carbocycles. The predicted molar refractivity (Wildman–Crippen MR) is 65.6 cm³/mol. The standard InChI is InChI=1S/C11H14N4OS/c12-11-13-6-8(17-11)9-14-10(16-15-9)7-4-2-1-3-5-7/h6-7H,1-5H2,(H2,12,13). The van der Waals surface area contributed by atoms with Crippen LogP contribution in [0.4, 0.5) is 5.13 Å². The van der Waals surface area contributed by atoms with Crippen molar-refractivity contribution < 1.29 is 4.52 Å². The van der Waals surface area contributed by atoms with E-state index in [0.717, 1.165) is 23.6 Å². The maximum absolute atomic E-state index is 5.59. The van der Waals surface area contributed by atoms with E-state index in [-0.39, 0.29) is 0 Å². The molecular formula is C11H14N4OS. The quantitative estimate of drug-likeness (QED) is 0.886. The Morgan fingerprint density at radius 1 is 1.29 bits per heavy atom. The van der Waals surface area contributed by atoms with Crippen LogP contribution in [-0.4, -0.2) is 15.1 Å². The van der Waals surface area contributed by atoms with Crippen molar-refractivity contribution in [1.29, 1.82) is 0 Å². The van der Waals surface area contributed by atoms with Gasteiger partial charge in [0.05, 0.1) is 11.1 Å². The first kappa shape index (κ1) is 10.7. The first-order valence-corrected chi connectivity index (χ1v) is 6.70. The lowest BCUT2D eigenvalue weighted by Gasteiger charge is -2.17. The largest absolute Gasteiger partial charge is 0.375 e. The molecule has 1 fully saturated rings. The van der Waals surface area contributed by atoms with Crippen LogP contribution >= 0.6 is 11.3 Å². The number of hydrogen-bond acceptors (Lipinski definition) is 6. The maximum atomic E-state index is 5.59. The van der Waals surface area contributed by atoms with E-state index in [1.807, 2.05) is 0 Å². The SMILES string of the molecule is Nc1ncc(-c2noc(C3CCCCC3)n2)s1. The van der Waals surface area contributed by atoms with Crippen LogP contribution in [0.3, 0.4) is 0 Å². The first-order valence-electron chi connectivity index (χ1n) is 5.88. The lowest BCUT2D eigenvalue weighted by molar-refractivity contribution is 0.314. The zero-order valence-corrected chi connectivity index (χ0v) is 10.2. The number of nitrogen functional groups attached to an aromatic ring is 1. The third-order valence-corrected chi connectivity index (χ3v) is 3.96. The highest BCUT2D eigenvalue weighted by atomic mass is 32.1. The highest BCUT2D eigenvalue weighted by Crippen LogP contribution is 2.33. The summed E-state index contributed by atoms with van der Waals surface area (Å²) in [6.45, 7) is 0. The van der Waals surface area contributed by atoms with Crippen LogP contribution in [0.25, 0.3) is 10.7 Å².